The molecular formula is C13H17N3O3. The maximum Gasteiger partial charge on any atom is 0.306 e. The van der Waals surface area contributed by atoms with Crippen LogP contribution in [0.3, 0.4) is 0 Å². The molecular weight excluding hydrogens is 246 g/mol. The lowest BCUT2D eigenvalue weighted by Crippen LogP contribution is -2.24. The van der Waals surface area contributed by atoms with Crippen molar-refractivity contribution in [1.82, 2.24) is 14.6 Å². The van der Waals surface area contributed by atoms with Crippen LogP contribution in [-0.2, 0) is 16.0 Å². The molecule has 0 saturated carbocycles. The molecule has 0 aliphatic heterocycles. The minimum Gasteiger partial charge on any atom is -0.504 e. The fourth-order valence-electron chi connectivity index (χ4n) is 1.76. The van der Waals surface area contributed by atoms with Crippen LogP contribution in [-0.4, -0.2) is 31.3 Å². The summed E-state index contributed by atoms with van der Waals surface area (Å²) in [4.78, 5) is 15.6. The van der Waals surface area contributed by atoms with Crippen molar-refractivity contribution in [2.45, 2.75) is 39.2 Å². The SMILES string of the molecule is CC(C)(C)OC(=O)CCc1ccc(O)c2ncnn12. The molecule has 1 N–H and O–H groups in total. The van der Waals surface area contributed by atoms with Gasteiger partial charge < -0.3 is 9.84 Å². The number of hydrogen-bond acceptors (Lipinski definition) is 5. The molecule has 0 aromatic carbocycles. The first-order chi connectivity index (χ1) is 8.87. The van der Waals surface area contributed by atoms with Crippen molar-refractivity contribution in [3.05, 3.63) is 24.2 Å². The molecule has 0 aliphatic carbocycles. The van der Waals surface area contributed by atoms with Crippen LogP contribution in [0.15, 0.2) is 18.5 Å². The van der Waals surface area contributed by atoms with Gasteiger partial charge in [0.25, 0.3) is 0 Å². The van der Waals surface area contributed by atoms with Gasteiger partial charge in [-0.2, -0.15) is 5.10 Å². The molecule has 0 atom stereocenters. The van der Waals surface area contributed by atoms with Gasteiger partial charge in [0.2, 0.25) is 0 Å². The molecule has 0 spiro atoms. The summed E-state index contributed by atoms with van der Waals surface area (Å²) in [6, 6.07) is 3.27. The first-order valence-corrected chi connectivity index (χ1v) is 6.09. The number of aromatic hydroxyl groups is 1. The van der Waals surface area contributed by atoms with Crippen LogP contribution in [0.25, 0.3) is 5.65 Å². The minimum atomic E-state index is -0.478. The van der Waals surface area contributed by atoms with E-state index in [0.717, 1.165) is 5.69 Å². The zero-order chi connectivity index (χ0) is 14.0. The summed E-state index contributed by atoms with van der Waals surface area (Å²) in [6.45, 7) is 5.50. The summed E-state index contributed by atoms with van der Waals surface area (Å²) in [5.74, 6) is -0.188. The van der Waals surface area contributed by atoms with Crippen LogP contribution in [0.1, 0.15) is 32.9 Å². The third-order valence-electron chi connectivity index (χ3n) is 2.49. The topological polar surface area (TPSA) is 76.7 Å². The molecule has 6 nitrogen and oxygen atoms in total. The van der Waals surface area contributed by atoms with Crippen LogP contribution >= 0.6 is 0 Å². The molecule has 102 valence electrons. The van der Waals surface area contributed by atoms with Crippen molar-refractivity contribution in [3.8, 4) is 5.75 Å². The number of carbonyl (C=O) groups is 1. The number of ether oxygens (including phenoxy) is 1. The lowest BCUT2D eigenvalue weighted by molar-refractivity contribution is -0.154. The average Bonchev–Trinajstić information content (AvgIpc) is 2.75. The van der Waals surface area contributed by atoms with E-state index in [2.05, 4.69) is 10.1 Å². The molecule has 0 amide bonds. The third kappa shape index (κ3) is 3.21. The van der Waals surface area contributed by atoms with Gasteiger partial charge in [0.1, 0.15) is 11.9 Å². The zero-order valence-corrected chi connectivity index (χ0v) is 11.3. The highest BCUT2D eigenvalue weighted by molar-refractivity contribution is 5.70. The largest absolute Gasteiger partial charge is 0.504 e. The smallest absolute Gasteiger partial charge is 0.306 e. The Balaban J connectivity index is 2.08. The summed E-state index contributed by atoms with van der Waals surface area (Å²) in [7, 11) is 0. The zero-order valence-electron chi connectivity index (χ0n) is 11.3. The monoisotopic (exact) mass is 263 g/mol. The van der Waals surface area contributed by atoms with Gasteiger partial charge in [-0.25, -0.2) is 9.50 Å². The van der Waals surface area contributed by atoms with E-state index in [4.69, 9.17) is 4.74 Å². The molecule has 2 heterocycles. The number of aromatic nitrogens is 3. The molecule has 0 unspecified atom stereocenters. The summed E-state index contributed by atoms with van der Waals surface area (Å²) < 4.78 is 6.77. The standard InChI is InChI=1S/C13H17N3O3/c1-13(2,3)19-11(18)7-5-9-4-6-10(17)12-14-8-15-16(9)12/h4,6,8,17H,5,7H2,1-3H3. The molecule has 2 rings (SSSR count). The lowest BCUT2D eigenvalue weighted by Gasteiger charge is -2.19. The van der Waals surface area contributed by atoms with Crippen molar-refractivity contribution in [1.29, 1.82) is 0 Å². The summed E-state index contributed by atoms with van der Waals surface area (Å²) >= 11 is 0. The van der Waals surface area contributed by atoms with E-state index >= 15 is 0 Å². The van der Waals surface area contributed by atoms with Gasteiger partial charge >= 0.3 is 5.97 Å². The first-order valence-electron chi connectivity index (χ1n) is 6.09. The quantitative estimate of drug-likeness (QED) is 0.853. The summed E-state index contributed by atoms with van der Waals surface area (Å²) in [5.41, 5.74) is 0.715. The second-order valence-electron chi connectivity index (χ2n) is 5.29. The maximum atomic E-state index is 11.7. The highest BCUT2D eigenvalue weighted by atomic mass is 16.6. The number of esters is 1. The Kier molecular flexibility index (Phi) is 3.42. The van der Waals surface area contributed by atoms with Gasteiger partial charge in [-0.3, -0.25) is 4.79 Å². The van der Waals surface area contributed by atoms with Crippen molar-refractivity contribution in [3.63, 3.8) is 0 Å². The summed E-state index contributed by atoms with van der Waals surface area (Å²) in [6.07, 6.45) is 2.11. The lowest BCUT2D eigenvalue weighted by atomic mass is 10.2. The number of fused-ring (bicyclic) bond motifs is 1. The molecule has 2 aromatic heterocycles. The number of hydrogen-bond donors (Lipinski definition) is 1. The number of rotatable bonds is 3. The highest BCUT2D eigenvalue weighted by Gasteiger charge is 2.16. The van der Waals surface area contributed by atoms with E-state index in [0.29, 0.717) is 12.1 Å². The Morgan fingerprint density at radius 3 is 2.84 bits per heavy atom. The van der Waals surface area contributed by atoms with Crippen LogP contribution in [0.4, 0.5) is 0 Å². The van der Waals surface area contributed by atoms with Gasteiger partial charge in [-0.15, -0.1) is 0 Å². The first kappa shape index (κ1) is 13.3. The van der Waals surface area contributed by atoms with E-state index in [1.807, 2.05) is 20.8 Å². The van der Waals surface area contributed by atoms with Crippen LogP contribution < -0.4 is 0 Å². The molecule has 0 aliphatic rings. The number of aryl methyl sites for hydroxylation is 1. The van der Waals surface area contributed by atoms with E-state index in [9.17, 15) is 9.90 Å². The van der Waals surface area contributed by atoms with Gasteiger partial charge in [-0.05, 0) is 32.9 Å². The second kappa shape index (κ2) is 4.87. The predicted molar refractivity (Wildman–Crippen MR) is 68.8 cm³/mol. The van der Waals surface area contributed by atoms with Crippen LogP contribution in [0.5, 0.6) is 5.75 Å². The van der Waals surface area contributed by atoms with Gasteiger partial charge in [0.05, 0.1) is 6.42 Å². The molecule has 2 aromatic rings. The van der Waals surface area contributed by atoms with Crippen molar-refractivity contribution in [2.24, 2.45) is 0 Å². The average molecular weight is 263 g/mol. The summed E-state index contributed by atoms with van der Waals surface area (Å²) in [5, 5.41) is 13.6. The molecule has 0 bridgehead atoms. The normalized spacial score (nSPS) is 11.7. The van der Waals surface area contributed by atoms with E-state index < -0.39 is 5.60 Å². The maximum absolute atomic E-state index is 11.7. The molecule has 19 heavy (non-hydrogen) atoms. The Labute approximate surface area is 111 Å². The van der Waals surface area contributed by atoms with Gasteiger partial charge in [0.15, 0.2) is 11.4 Å². The van der Waals surface area contributed by atoms with Crippen LogP contribution in [0, 0.1) is 0 Å². The fourth-order valence-corrected chi connectivity index (χ4v) is 1.76. The Bertz CT molecular complexity index is 599. The number of carbonyl (C=O) groups excluding carboxylic acids is 1. The van der Waals surface area contributed by atoms with Gasteiger partial charge in [0, 0.05) is 12.1 Å². The molecule has 0 radical (unpaired) electrons. The Morgan fingerprint density at radius 2 is 2.16 bits per heavy atom. The van der Waals surface area contributed by atoms with E-state index in [1.165, 1.54) is 10.8 Å². The predicted octanol–water partition coefficient (Wildman–Crippen LogP) is 1.71. The molecule has 0 fully saturated rings. The Hall–Kier alpha value is -2.11. The number of nitrogens with zero attached hydrogens (tertiary/aromatic N) is 3. The second-order valence-corrected chi connectivity index (χ2v) is 5.29. The molecule has 6 heteroatoms. The van der Waals surface area contributed by atoms with E-state index in [1.54, 1.807) is 12.1 Å². The number of pyridine rings is 1. The van der Waals surface area contributed by atoms with Crippen molar-refractivity contribution in [2.75, 3.05) is 0 Å². The molecule has 0 saturated heterocycles. The van der Waals surface area contributed by atoms with Gasteiger partial charge in [-0.1, -0.05) is 0 Å². The fraction of sp³-hybridized carbons (Fsp3) is 0.462. The minimum absolute atomic E-state index is 0.0681. The van der Waals surface area contributed by atoms with E-state index in [-0.39, 0.29) is 18.1 Å². The van der Waals surface area contributed by atoms with Crippen molar-refractivity contribution >= 4 is 11.6 Å². The Morgan fingerprint density at radius 1 is 1.42 bits per heavy atom. The van der Waals surface area contributed by atoms with Crippen LogP contribution in [0.2, 0.25) is 0 Å². The third-order valence-corrected chi connectivity index (χ3v) is 2.49. The highest BCUT2D eigenvalue weighted by Crippen LogP contribution is 2.18. The van der Waals surface area contributed by atoms with Crippen molar-refractivity contribution < 1.29 is 14.6 Å².